The fraction of sp³-hybridized carbons (Fsp3) is 0.455. The normalized spacial score (nSPS) is 10.1. The molecular formula is C11H17N3O2. The Morgan fingerprint density at radius 1 is 1.62 bits per heavy atom. The quantitative estimate of drug-likeness (QED) is 0.785. The van der Waals surface area contributed by atoms with Gasteiger partial charge in [-0.2, -0.15) is 0 Å². The van der Waals surface area contributed by atoms with E-state index < -0.39 is 5.97 Å². The Hall–Kier alpha value is -1.78. The summed E-state index contributed by atoms with van der Waals surface area (Å²) in [7, 11) is 0. The van der Waals surface area contributed by atoms with Crippen molar-refractivity contribution < 1.29 is 9.90 Å². The number of carboxylic acids is 1. The monoisotopic (exact) mass is 223 g/mol. The Morgan fingerprint density at radius 3 is 2.81 bits per heavy atom. The van der Waals surface area contributed by atoms with Gasteiger partial charge in [0.15, 0.2) is 0 Å². The lowest BCUT2D eigenvalue weighted by atomic mass is 10.2. The van der Waals surface area contributed by atoms with Crippen LogP contribution in [0.25, 0.3) is 0 Å². The largest absolute Gasteiger partial charge is 0.481 e. The summed E-state index contributed by atoms with van der Waals surface area (Å²) in [5, 5.41) is 8.64. The molecule has 1 rings (SSSR count). The Labute approximate surface area is 94.9 Å². The maximum absolute atomic E-state index is 10.5. The Balaban J connectivity index is 2.78. The summed E-state index contributed by atoms with van der Waals surface area (Å²) < 4.78 is 0. The van der Waals surface area contributed by atoms with E-state index in [-0.39, 0.29) is 6.42 Å². The van der Waals surface area contributed by atoms with Crippen LogP contribution in [0.5, 0.6) is 0 Å². The average molecular weight is 223 g/mol. The van der Waals surface area contributed by atoms with Crippen molar-refractivity contribution in [1.82, 2.24) is 4.98 Å². The van der Waals surface area contributed by atoms with Gasteiger partial charge in [0.25, 0.3) is 0 Å². The third-order valence-electron chi connectivity index (χ3n) is 2.45. The predicted molar refractivity (Wildman–Crippen MR) is 63.5 cm³/mol. The van der Waals surface area contributed by atoms with E-state index in [1.165, 1.54) is 0 Å². The molecule has 0 amide bonds. The Bertz CT molecular complexity index is 379. The van der Waals surface area contributed by atoms with Gasteiger partial charge in [-0.3, -0.25) is 4.79 Å². The van der Waals surface area contributed by atoms with Crippen LogP contribution < -0.4 is 10.6 Å². The van der Waals surface area contributed by atoms with Crippen LogP contribution in [0, 0.1) is 6.92 Å². The molecule has 0 aromatic carbocycles. The number of nitrogens with two attached hydrogens (primary N) is 1. The summed E-state index contributed by atoms with van der Waals surface area (Å²) in [6, 6.07) is 1.92. The van der Waals surface area contributed by atoms with Gasteiger partial charge in [-0.05, 0) is 25.5 Å². The molecule has 0 saturated carbocycles. The van der Waals surface area contributed by atoms with Crippen LogP contribution in [0.1, 0.15) is 18.9 Å². The Morgan fingerprint density at radius 2 is 2.31 bits per heavy atom. The highest BCUT2D eigenvalue weighted by atomic mass is 16.4. The van der Waals surface area contributed by atoms with E-state index in [2.05, 4.69) is 4.98 Å². The second-order valence-electron chi connectivity index (χ2n) is 3.62. The molecule has 3 N–H and O–H groups in total. The number of nitrogen functional groups attached to an aromatic ring is 1. The van der Waals surface area contributed by atoms with E-state index in [1.807, 2.05) is 24.8 Å². The zero-order valence-electron chi connectivity index (χ0n) is 9.60. The minimum absolute atomic E-state index is 0.122. The molecule has 0 aliphatic carbocycles. The molecule has 1 aromatic heterocycles. The van der Waals surface area contributed by atoms with Gasteiger partial charge in [-0.25, -0.2) is 4.98 Å². The molecule has 5 heteroatoms. The zero-order chi connectivity index (χ0) is 12.1. The average Bonchev–Trinajstić information content (AvgIpc) is 2.23. The fourth-order valence-corrected chi connectivity index (χ4v) is 1.44. The molecule has 0 fully saturated rings. The fourth-order valence-electron chi connectivity index (χ4n) is 1.44. The first-order chi connectivity index (χ1) is 7.54. The van der Waals surface area contributed by atoms with Crippen molar-refractivity contribution in [2.45, 2.75) is 20.3 Å². The molecule has 0 atom stereocenters. The van der Waals surface area contributed by atoms with Gasteiger partial charge in [0, 0.05) is 13.1 Å². The molecule has 16 heavy (non-hydrogen) atoms. The highest BCUT2D eigenvalue weighted by molar-refractivity contribution is 5.67. The first-order valence-electron chi connectivity index (χ1n) is 5.23. The molecular weight excluding hydrogens is 206 g/mol. The first kappa shape index (κ1) is 12.3. The lowest BCUT2D eigenvalue weighted by Gasteiger charge is -2.22. The number of carboxylic acid groups (broad SMARTS) is 1. The smallest absolute Gasteiger partial charge is 0.305 e. The van der Waals surface area contributed by atoms with Crippen molar-refractivity contribution in [2.24, 2.45) is 0 Å². The Kier molecular flexibility index (Phi) is 4.10. The third-order valence-corrected chi connectivity index (χ3v) is 2.45. The number of aryl methyl sites for hydroxylation is 1. The number of anilines is 2. The molecule has 0 radical (unpaired) electrons. The summed E-state index contributed by atoms with van der Waals surface area (Å²) in [5.41, 5.74) is 7.45. The SMILES string of the molecule is CCN(CCC(=O)O)c1cnc(N)c(C)c1. The van der Waals surface area contributed by atoms with E-state index in [9.17, 15) is 4.79 Å². The minimum Gasteiger partial charge on any atom is -0.481 e. The molecule has 88 valence electrons. The van der Waals surface area contributed by atoms with Crippen LogP contribution in [0.15, 0.2) is 12.3 Å². The summed E-state index contributed by atoms with van der Waals surface area (Å²) in [6.45, 7) is 5.10. The topological polar surface area (TPSA) is 79.5 Å². The van der Waals surface area contributed by atoms with E-state index in [0.717, 1.165) is 17.8 Å². The van der Waals surface area contributed by atoms with E-state index >= 15 is 0 Å². The maximum atomic E-state index is 10.5. The highest BCUT2D eigenvalue weighted by Crippen LogP contribution is 2.17. The van der Waals surface area contributed by atoms with Crippen LogP contribution in [0.2, 0.25) is 0 Å². The van der Waals surface area contributed by atoms with E-state index in [1.54, 1.807) is 6.20 Å². The van der Waals surface area contributed by atoms with Gasteiger partial charge < -0.3 is 15.7 Å². The summed E-state index contributed by atoms with van der Waals surface area (Å²) in [6.07, 6.45) is 1.80. The number of nitrogens with zero attached hydrogens (tertiary/aromatic N) is 2. The first-order valence-corrected chi connectivity index (χ1v) is 5.23. The van der Waals surface area contributed by atoms with Crippen molar-refractivity contribution in [1.29, 1.82) is 0 Å². The molecule has 1 heterocycles. The standard InChI is InChI=1S/C11H17N3O2/c1-3-14(5-4-10(15)16)9-6-8(2)11(12)13-7-9/h6-7H,3-5H2,1-2H3,(H2,12,13)(H,15,16). The van der Waals surface area contributed by atoms with Gasteiger partial charge in [0.05, 0.1) is 18.3 Å². The predicted octanol–water partition coefficient (Wildman–Crippen LogP) is 1.27. The zero-order valence-corrected chi connectivity index (χ0v) is 9.60. The van der Waals surface area contributed by atoms with Gasteiger partial charge in [-0.1, -0.05) is 0 Å². The van der Waals surface area contributed by atoms with Crippen LogP contribution >= 0.6 is 0 Å². The molecule has 1 aromatic rings. The number of aromatic nitrogens is 1. The minimum atomic E-state index is -0.793. The maximum Gasteiger partial charge on any atom is 0.305 e. The summed E-state index contributed by atoms with van der Waals surface area (Å²) >= 11 is 0. The number of hydrogen-bond acceptors (Lipinski definition) is 4. The van der Waals surface area contributed by atoms with Crippen molar-refractivity contribution in [2.75, 3.05) is 23.7 Å². The van der Waals surface area contributed by atoms with Gasteiger partial charge in [0.1, 0.15) is 5.82 Å². The van der Waals surface area contributed by atoms with E-state index in [0.29, 0.717) is 12.4 Å². The van der Waals surface area contributed by atoms with Gasteiger partial charge in [0.2, 0.25) is 0 Å². The lowest BCUT2D eigenvalue weighted by molar-refractivity contribution is -0.136. The van der Waals surface area contributed by atoms with Crippen molar-refractivity contribution in [3.63, 3.8) is 0 Å². The number of pyridine rings is 1. The molecule has 0 spiro atoms. The number of carbonyl (C=O) groups is 1. The third kappa shape index (κ3) is 3.12. The molecule has 0 aliphatic rings. The second kappa shape index (κ2) is 5.34. The molecule has 0 unspecified atom stereocenters. The van der Waals surface area contributed by atoms with Crippen molar-refractivity contribution in [3.8, 4) is 0 Å². The summed E-state index contributed by atoms with van der Waals surface area (Å²) in [5.74, 6) is -0.281. The highest BCUT2D eigenvalue weighted by Gasteiger charge is 2.08. The van der Waals surface area contributed by atoms with Crippen molar-refractivity contribution in [3.05, 3.63) is 17.8 Å². The molecule has 0 bridgehead atoms. The number of aliphatic carboxylic acids is 1. The number of hydrogen-bond donors (Lipinski definition) is 2. The lowest BCUT2D eigenvalue weighted by Crippen LogP contribution is -2.26. The van der Waals surface area contributed by atoms with E-state index in [4.69, 9.17) is 10.8 Å². The van der Waals surface area contributed by atoms with Crippen LogP contribution in [0.4, 0.5) is 11.5 Å². The van der Waals surface area contributed by atoms with Crippen molar-refractivity contribution >= 4 is 17.5 Å². The summed E-state index contributed by atoms with van der Waals surface area (Å²) in [4.78, 5) is 16.5. The van der Waals surface area contributed by atoms with Crippen LogP contribution in [0.3, 0.4) is 0 Å². The van der Waals surface area contributed by atoms with Crippen LogP contribution in [-0.4, -0.2) is 29.1 Å². The molecule has 0 aliphatic heterocycles. The van der Waals surface area contributed by atoms with Crippen LogP contribution in [-0.2, 0) is 4.79 Å². The van der Waals surface area contributed by atoms with Gasteiger partial charge in [-0.15, -0.1) is 0 Å². The number of rotatable bonds is 5. The molecule has 5 nitrogen and oxygen atoms in total. The van der Waals surface area contributed by atoms with Gasteiger partial charge >= 0.3 is 5.97 Å². The molecule has 0 saturated heterocycles. The second-order valence-corrected chi connectivity index (χ2v) is 3.62.